The van der Waals surface area contributed by atoms with Crippen molar-refractivity contribution >= 4 is 23.0 Å². The van der Waals surface area contributed by atoms with Gasteiger partial charge in [0.2, 0.25) is 0 Å². The Bertz CT molecular complexity index is 967. The van der Waals surface area contributed by atoms with Gasteiger partial charge in [-0.2, -0.15) is 0 Å². The molecule has 0 fully saturated rings. The third kappa shape index (κ3) is 4.07. The quantitative estimate of drug-likeness (QED) is 0.621. The smallest absolute Gasteiger partial charge is 0.174 e. The first kappa shape index (κ1) is 19.3. The number of benzene rings is 2. The predicted octanol–water partition coefficient (Wildman–Crippen LogP) is 4.70. The van der Waals surface area contributed by atoms with E-state index >= 15 is 0 Å². The van der Waals surface area contributed by atoms with Crippen LogP contribution in [-0.4, -0.2) is 34.8 Å². The van der Waals surface area contributed by atoms with Gasteiger partial charge in [-0.25, -0.2) is 0 Å². The van der Waals surface area contributed by atoms with Crippen LogP contribution in [0, 0.1) is 0 Å². The zero-order valence-electron chi connectivity index (χ0n) is 16.7. The van der Waals surface area contributed by atoms with Crippen LogP contribution in [0.25, 0.3) is 0 Å². The number of methoxy groups -OCH3 is 1. The van der Waals surface area contributed by atoms with E-state index in [0.29, 0.717) is 11.7 Å². The third-order valence-electron chi connectivity index (χ3n) is 5.15. The molecule has 1 aromatic heterocycles. The van der Waals surface area contributed by atoms with Gasteiger partial charge in [0.25, 0.3) is 0 Å². The van der Waals surface area contributed by atoms with Gasteiger partial charge in [-0.1, -0.05) is 12.1 Å². The number of rotatable bonds is 5. The highest BCUT2D eigenvalue weighted by atomic mass is 32.1. The Kier molecular flexibility index (Phi) is 5.71. The molecule has 150 valence electrons. The Hall–Kier alpha value is -2.99. The molecule has 0 saturated carbocycles. The van der Waals surface area contributed by atoms with E-state index in [-0.39, 0.29) is 6.04 Å². The lowest BCUT2D eigenvalue weighted by atomic mass is 10.00. The normalized spacial score (nSPS) is 15.5. The molecule has 6 heteroatoms. The Balaban J connectivity index is 1.59. The van der Waals surface area contributed by atoms with E-state index in [4.69, 9.17) is 21.7 Å². The van der Waals surface area contributed by atoms with Crippen LogP contribution < -0.4 is 14.8 Å². The molecule has 1 atom stereocenters. The minimum atomic E-state index is 0.0485. The van der Waals surface area contributed by atoms with Gasteiger partial charge in [0.1, 0.15) is 11.5 Å². The van der Waals surface area contributed by atoms with Gasteiger partial charge in [0.05, 0.1) is 19.8 Å². The number of aromatic nitrogens is 1. The molecule has 3 aromatic rings. The van der Waals surface area contributed by atoms with Crippen molar-refractivity contribution in [3.63, 3.8) is 0 Å². The lowest BCUT2D eigenvalue weighted by molar-refractivity contribution is 0.293. The molecule has 1 aliphatic heterocycles. The molecule has 0 saturated heterocycles. The molecule has 0 bridgehead atoms. The number of nitrogens with one attached hydrogen (secondary N) is 1. The first-order chi connectivity index (χ1) is 14.2. The number of anilines is 1. The summed E-state index contributed by atoms with van der Waals surface area (Å²) in [5.74, 6) is 1.71. The molecule has 2 aromatic carbocycles. The minimum absolute atomic E-state index is 0.0485. The molecule has 0 spiro atoms. The van der Waals surface area contributed by atoms with Crippen molar-refractivity contribution in [3.05, 3.63) is 78.1 Å². The average Bonchev–Trinajstić information content (AvgIpc) is 3.23. The van der Waals surface area contributed by atoms with E-state index in [1.165, 1.54) is 11.3 Å². The summed E-state index contributed by atoms with van der Waals surface area (Å²) in [6.07, 6.45) is 2.13. The van der Waals surface area contributed by atoms with Crippen LogP contribution in [0.1, 0.15) is 24.2 Å². The molecule has 29 heavy (non-hydrogen) atoms. The fourth-order valence-corrected chi connectivity index (χ4v) is 4.05. The first-order valence-electron chi connectivity index (χ1n) is 9.79. The topological polar surface area (TPSA) is 38.7 Å². The van der Waals surface area contributed by atoms with Crippen LogP contribution >= 0.6 is 12.2 Å². The van der Waals surface area contributed by atoms with Gasteiger partial charge >= 0.3 is 0 Å². The number of nitrogens with zero attached hydrogens (tertiary/aromatic N) is 2. The average molecular weight is 408 g/mol. The molecule has 5 nitrogen and oxygen atoms in total. The lowest BCUT2D eigenvalue weighted by Gasteiger charge is -2.39. The maximum Gasteiger partial charge on any atom is 0.174 e. The second-order valence-corrected chi connectivity index (χ2v) is 7.27. The van der Waals surface area contributed by atoms with Crippen LogP contribution in [0.15, 0.2) is 66.9 Å². The monoisotopic (exact) mass is 407 g/mol. The van der Waals surface area contributed by atoms with E-state index in [1.807, 2.05) is 43.3 Å². The number of hydrogen-bond acceptors (Lipinski definition) is 3. The van der Waals surface area contributed by atoms with Crippen molar-refractivity contribution < 1.29 is 9.47 Å². The highest BCUT2D eigenvalue weighted by Crippen LogP contribution is 2.33. The molecule has 1 N–H and O–H groups in total. The summed E-state index contributed by atoms with van der Waals surface area (Å²) in [7, 11) is 1.68. The summed E-state index contributed by atoms with van der Waals surface area (Å²) in [5.41, 5.74) is 3.37. The second kappa shape index (κ2) is 8.57. The summed E-state index contributed by atoms with van der Waals surface area (Å²) in [6, 6.07) is 20.4. The predicted molar refractivity (Wildman–Crippen MR) is 120 cm³/mol. The Morgan fingerprint density at radius 1 is 1.03 bits per heavy atom. The number of thiocarbonyl (C=S) groups is 1. The maximum atomic E-state index is 5.82. The van der Waals surface area contributed by atoms with Gasteiger partial charge in [-0.15, -0.1) is 0 Å². The molecule has 0 amide bonds. The molecule has 0 aliphatic carbocycles. The Labute approximate surface area is 176 Å². The van der Waals surface area contributed by atoms with Gasteiger partial charge < -0.3 is 24.3 Å². The number of fused-ring (bicyclic) bond motifs is 1. The molecule has 0 radical (unpaired) electrons. The fraction of sp³-hybridized carbons (Fsp3) is 0.261. The molecular formula is C23H25N3O2S. The zero-order chi connectivity index (χ0) is 20.2. The summed E-state index contributed by atoms with van der Waals surface area (Å²) >= 11 is 5.82. The highest BCUT2D eigenvalue weighted by molar-refractivity contribution is 7.80. The highest BCUT2D eigenvalue weighted by Gasteiger charge is 2.30. The first-order valence-corrected chi connectivity index (χ1v) is 10.2. The SMILES string of the molecule is CCOc1ccc(NC(=S)N2CCn3cccc3[C@@H]2c2ccc(OC)cc2)cc1. The van der Waals surface area contributed by atoms with E-state index in [0.717, 1.165) is 30.3 Å². The lowest BCUT2D eigenvalue weighted by Crippen LogP contribution is -2.44. The maximum absolute atomic E-state index is 5.82. The second-order valence-electron chi connectivity index (χ2n) is 6.88. The molecule has 0 unspecified atom stereocenters. The van der Waals surface area contributed by atoms with Gasteiger partial charge in [-0.05, 0) is 73.2 Å². The fourth-order valence-electron chi connectivity index (χ4n) is 3.74. The Morgan fingerprint density at radius 2 is 1.76 bits per heavy atom. The van der Waals surface area contributed by atoms with E-state index < -0.39 is 0 Å². The van der Waals surface area contributed by atoms with Gasteiger partial charge in [-0.3, -0.25) is 0 Å². The van der Waals surface area contributed by atoms with E-state index in [2.05, 4.69) is 45.2 Å². The van der Waals surface area contributed by atoms with Crippen molar-refractivity contribution in [2.75, 3.05) is 25.6 Å². The van der Waals surface area contributed by atoms with Crippen molar-refractivity contribution in [2.45, 2.75) is 19.5 Å². The van der Waals surface area contributed by atoms with Crippen molar-refractivity contribution in [1.82, 2.24) is 9.47 Å². The van der Waals surface area contributed by atoms with Crippen LogP contribution in [0.4, 0.5) is 5.69 Å². The molecular weight excluding hydrogens is 382 g/mol. The van der Waals surface area contributed by atoms with Crippen LogP contribution in [-0.2, 0) is 6.54 Å². The summed E-state index contributed by atoms with van der Waals surface area (Å²) < 4.78 is 13.1. The summed E-state index contributed by atoms with van der Waals surface area (Å²) in [4.78, 5) is 2.25. The van der Waals surface area contributed by atoms with Crippen LogP contribution in [0.5, 0.6) is 11.5 Å². The third-order valence-corrected chi connectivity index (χ3v) is 5.48. The summed E-state index contributed by atoms with van der Waals surface area (Å²) in [5, 5.41) is 4.10. The molecule has 4 rings (SSSR count). The van der Waals surface area contributed by atoms with Crippen molar-refractivity contribution in [2.24, 2.45) is 0 Å². The van der Waals surface area contributed by atoms with Crippen molar-refractivity contribution in [3.8, 4) is 11.5 Å². The standard InChI is InChI=1S/C23H25N3O2S/c1-3-28-20-12-8-18(9-13-20)24-23(29)26-16-15-25-14-4-5-21(25)22(26)17-6-10-19(27-2)11-7-17/h4-14,22H,3,15-16H2,1-2H3,(H,24,29)/t22-/m0/s1. The largest absolute Gasteiger partial charge is 0.497 e. The van der Waals surface area contributed by atoms with Crippen LogP contribution in [0.3, 0.4) is 0 Å². The molecule has 2 heterocycles. The zero-order valence-corrected chi connectivity index (χ0v) is 17.5. The van der Waals surface area contributed by atoms with Crippen molar-refractivity contribution in [1.29, 1.82) is 0 Å². The number of hydrogen-bond donors (Lipinski definition) is 1. The number of ether oxygens (including phenoxy) is 2. The van der Waals surface area contributed by atoms with E-state index in [9.17, 15) is 0 Å². The van der Waals surface area contributed by atoms with Crippen LogP contribution in [0.2, 0.25) is 0 Å². The minimum Gasteiger partial charge on any atom is -0.497 e. The molecule has 1 aliphatic rings. The van der Waals surface area contributed by atoms with Gasteiger partial charge in [0, 0.05) is 30.7 Å². The van der Waals surface area contributed by atoms with Gasteiger partial charge in [0.15, 0.2) is 5.11 Å². The van der Waals surface area contributed by atoms with E-state index in [1.54, 1.807) is 7.11 Å². The Morgan fingerprint density at radius 3 is 2.45 bits per heavy atom. The summed E-state index contributed by atoms with van der Waals surface area (Å²) in [6.45, 7) is 4.37.